The highest BCUT2D eigenvalue weighted by Crippen LogP contribution is 2.29. The standard InChI is InChI=1S/C21H23N7O7S2/c1-11(29)33-15-9-32-19(18(35-13(3)31)17(15)34-12(2)30)22-20-24-23-16(37-20)10-36-21-25-26-27-28(21)14-7-5-4-6-8-14/h4-8,15,17-19H,9-10H2,1-3H3,(H,22,24)/t15-,17+,18-,19-/m1/s1. The smallest absolute Gasteiger partial charge is 0.303 e. The number of anilines is 1. The van der Waals surface area contributed by atoms with Gasteiger partial charge in [-0.3, -0.25) is 14.4 Å². The number of rotatable bonds is 9. The van der Waals surface area contributed by atoms with Gasteiger partial charge in [-0.05, 0) is 22.6 Å². The highest BCUT2D eigenvalue weighted by Gasteiger charge is 2.47. The second kappa shape index (κ2) is 12.1. The fraction of sp³-hybridized carbons (Fsp3) is 0.429. The summed E-state index contributed by atoms with van der Waals surface area (Å²) in [5, 5.41) is 24.8. The van der Waals surface area contributed by atoms with Gasteiger partial charge in [0.15, 0.2) is 24.5 Å². The van der Waals surface area contributed by atoms with E-state index in [0.29, 0.717) is 21.0 Å². The number of benzene rings is 1. The highest BCUT2D eigenvalue weighted by atomic mass is 32.2. The molecule has 4 rings (SSSR count). The van der Waals surface area contributed by atoms with Crippen LogP contribution in [-0.4, -0.2) is 79.5 Å². The predicted molar refractivity (Wildman–Crippen MR) is 129 cm³/mol. The average Bonchev–Trinajstić information content (AvgIpc) is 3.50. The Morgan fingerprint density at radius 3 is 2.43 bits per heavy atom. The van der Waals surface area contributed by atoms with E-state index in [-0.39, 0.29) is 6.61 Å². The van der Waals surface area contributed by atoms with E-state index in [9.17, 15) is 14.4 Å². The quantitative estimate of drug-likeness (QED) is 0.230. The maximum atomic E-state index is 11.8. The minimum Gasteiger partial charge on any atom is -0.456 e. The molecule has 37 heavy (non-hydrogen) atoms. The minimum atomic E-state index is -1.11. The van der Waals surface area contributed by atoms with Crippen molar-refractivity contribution in [1.82, 2.24) is 30.4 Å². The zero-order valence-corrected chi connectivity index (χ0v) is 21.6. The fourth-order valence-corrected chi connectivity index (χ4v) is 5.13. The molecule has 14 nitrogen and oxygen atoms in total. The number of esters is 3. The third kappa shape index (κ3) is 6.99. The van der Waals surface area contributed by atoms with Gasteiger partial charge in [-0.15, -0.1) is 15.3 Å². The van der Waals surface area contributed by atoms with Crippen molar-refractivity contribution in [2.45, 2.75) is 56.2 Å². The summed E-state index contributed by atoms with van der Waals surface area (Å²) in [6, 6.07) is 9.48. The Hall–Kier alpha value is -3.63. The number of thioether (sulfide) groups is 1. The van der Waals surface area contributed by atoms with Crippen LogP contribution in [-0.2, 0) is 39.1 Å². The summed E-state index contributed by atoms with van der Waals surface area (Å²) in [5.74, 6) is -1.42. The van der Waals surface area contributed by atoms with Crippen molar-refractivity contribution >= 4 is 46.1 Å². The van der Waals surface area contributed by atoms with Crippen molar-refractivity contribution in [2.75, 3.05) is 11.9 Å². The first-order valence-corrected chi connectivity index (χ1v) is 12.8. The molecule has 0 bridgehead atoms. The molecule has 1 aliphatic rings. The number of tetrazole rings is 1. The Labute approximate surface area is 219 Å². The monoisotopic (exact) mass is 549 g/mol. The van der Waals surface area contributed by atoms with Gasteiger partial charge in [0.1, 0.15) is 5.01 Å². The molecule has 1 saturated heterocycles. The van der Waals surface area contributed by atoms with Gasteiger partial charge >= 0.3 is 17.9 Å². The number of hydrogen-bond donors (Lipinski definition) is 1. The maximum Gasteiger partial charge on any atom is 0.303 e. The number of carbonyl (C=O) groups is 3. The van der Waals surface area contributed by atoms with Gasteiger partial charge in [0.05, 0.1) is 18.0 Å². The largest absolute Gasteiger partial charge is 0.456 e. The van der Waals surface area contributed by atoms with Gasteiger partial charge in [0.2, 0.25) is 10.3 Å². The van der Waals surface area contributed by atoms with Crippen molar-refractivity contribution in [2.24, 2.45) is 0 Å². The molecular weight excluding hydrogens is 526 g/mol. The van der Waals surface area contributed by atoms with Crippen LogP contribution < -0.4 is 5.32 Å². The molecule has 1 fully saturated rings. The number of aromatic nitrogens is 6. The van der Waals surface area contributed by atoms with Crippen LogP contribution in [0.3, 0.4) is 0 Å². The lowest BCUT2D eigenvalue weighted by Crippen LogP contribution is -2.59. The molecule has 0 amide bonds. The van der Waals surface area contributed by atoms with Gasteiger partial charge in [0, 0.05) is 20.8 Å². The van der Waals surface area contributed by atoms with Gasteiger partial charge in [-0.2, -0.15) is 4.68 Å². The van der Waals surface area contributed by atoms with E-state index in [0.717, 1.165) is 5.69 Å². The lowest BCUT2D eigenvalue weighted by atomic mass is 10.0. The van der Waals surface area contributed by atoms with Gasteiger partial charge in [-0.25, -0.2) is 0 Å². The van der Waals surface area contributed by atoms with Crippen molar-refractivity contribution in [3.05, 3.63) is 35.3 Å². The van der Waals surface area contributed by atoms with Crippen LogP contribution in [0.15, 0.2) is 35.5 Å². The van der Waals surface area contributed by atoms with Crippen LogP contribution in [0.4, 0.5) is 5.13 Å². The van der Waals surface area contributed by atoms with Gasteiger partial charge in [0.25, 0.3) is 0 Å². The number of para-hydroxylation sites is 1. The molecule has 3 heterocycles. The third-order valence-corrected chi connectivity index (χ3v) is 6.82. The van der Waals surface area contributed by atoms with E-state index < -0.39 is 42.4 Å². The summed E-state index contributed by atoms with van der Waals surface area (Å²) < 4.78 is 23.3. The van der Waals surface area contributed by atoms with E-state index in [4.69, 9.17) is 18.9 Å². The molecule has 3 aromatic rings. The molecule has 0 unspecified atom stereocenters. The van der Waals surface area contributed by atoms with Crippen molar-refractivity contribution in [3.8, 4) is 5.69 Å². The normalized spacial score (nSPS) is 21.2. The van der Waals surface area contributed by atoms with Gasteiger partial charge < -0.3 is 24.3 Å². The maximum absolute atomic E-state index is 11.8. The molecular formula is C21H23N7O7S2. The number of carbonyl (C=O) groups excluding carboxylic acids is 3. The van der Waals surface area contributed by atoms with E-state index in [1.165, 1.54) is 43.9 Å². The number of nitrogens with zero attached hydrogens (tertiary/aromatic N) is 6. The number of ether oxygens (including phenoxy) is 4. The summed E-state index contributed by atoms with van der Waals surface area (Å²) in [4.78, 5) is 35.0. The van der Waals surface area contributed by atoms with Crippen LogP contribution in [0.25, 0.3) is 5.69 Å². The molecule has 2 aromatic heterocycles. The Bertz CT molecular complexity index is 1240. The van der Waals surface area contributed by atoms with E-state index in [1.54, 1.807) is 4.68 Å². The second-order valence-electron chi connectivity index (χ2n) is 7.69. The summed E-state index contributed by atoms with van der Waals surface area (Å²) in [6.07, 6.45) is -4.10. The number of nitrogens with one attached hydrogen (secondary N) is 1. The van der Waals surface area contributed by atoms with Crippen LogP contribution in [0.5, 0.6) is 0 Å². The first kappa shape index (κ1) is 26.4. The van der Waals surface area contributed by atoms with Gasteiger partial charge in [-0.1, -0.05) is 41.3 Å². The lowest BCUT2D eigenvalue weighted by Gasteiger charge is -2.40. The molecule has 1 N–H and O–H groups in total. The van der Waals surface area contributed by atoms with Crippen LogP contribution in [0.1, 0.15) is 25.8 Å². The summed E-state index contributed by atoms with van der Waals surface area (Å²) in [6.45, 7) is 3.53. The van der Waals surface area contributed by atoms with Crippen LogP contribution in [0.2, 0.25) is 0 Å². The topological polar surface area (TPSA) is 170 Å². The van der Waals surface area contributed by atoms with Crippen molar-refractivity contribution in [3.63, 3.8) is 0 Å². The summed E-state index contributed by atoms with van der Waals surface area (Å²) >= 11 is 2.64. The summed E-state index contributed by atoms with van der Waals surface area (Å²) in [5.41, 5.74) is 0.829. The Morgan fingerprint density at radius 2 is 1.73 bits per heavy atom. The molecule has 1 aliphatic heterocycles. The Morgan fingerprint density at radius 1 is 1.03 bits per heavy atom. The van der Waals surface area contributed by atoms with Crippen molar-refractivity contribution < 1.29 is 33.3 Å². The van der Waals surface area contributed by atoms with Crippen LogP contribution >= 0.6 is 23.1 Å². The molecule has 16 heteroatoms. The first-order valence-electron chi connectivity index (χ1n) is 11.0. The van der Waals surface area contributed by atoms with Crippen molar-refractivity contribution in [1.29, 1.82) is 0 Å². The zero-order chi connectivity index (χ0) is 26.4. The molecule has 196 valence electrons. The highest BCUT2D eigenvalue weighted by molar-refractivity contribution is 7.98. The predicted octanol–water partition coefficient (Wildman–Crippen LogP) is 1.37. The summed E-state index contributed by atoms with van der Waals surface area (Å²) in [7, 11) is 0. The molecule has 0 radical (unpaired) electrons. The van der Waals surface area contributed by atoms with E-state index >= 15 is 0 Å². The fourth-order valence-electron chi connectivity index (χ4n) is 3.48. The molecule has 0 aliphatic carbocycles. The molecule has 1 aromatic carbocycles. The molecule has 4 atom stereocenters. The zero-order valence-electron chi connectivity index (χ0n) is 20.0. The Balaban J connectivity index is 1.44. The third-order valence-electron chi connectivity index (χ3n) is 4.85. The van der Waals surface area contributed by atoms with E-state index in [2.05, 4.69) is 31.0 Å². The first-order chi connectivity index (χ1) is 17.8. The molecule has 0 spiro atoms. The Kier molecular flexibility index (Phi) is 8.62. The number of hydrogen-bond acceptors (Lipinski definition) is 15. The minimum absolute atomic E-state index is 0.101. The van der Waals surface area contributed by atoms with E-state index in [1.807, 2.05) is 30.3 Å². The molecule has 0 saturated carbocycles. The lowest BCUT2D eigenvalue weighted by molar-refractivity contribution is -0.221. The average molecular weight is 550 g/mol. The van der Waals surface area contributed by atoms with Crippen LogP contribution in [0, 0.1) is 0 Å². The second-order valence-corrected chi connectivity index (χ2v) is 9.70. The SMILES string of the molecule is CC(=O)O[C@@H]1[C@@H](OC(C)=O)[C@H](OC(C)=O)CO[C@H]1Nc1nnc(CSc2nnnn2-c2ccccc2)s1.